The largest absolute Gasteiger partial charge is 0.481 e. The number of rotatable bonds is 5. The highest BCUT2D eigenvalue weighted by Crippen LogP contribution is 2.21. The molecule has 2 aromatic carbocycles. The lowest BCUT2D eigenvalue weighted by atomic mass is 10.2. The summed E-state index contributed by atoms with van der Waals surface area (Å²) >= 11 is 5.90. The molecule has 0 spiro atoms. The fraction of sp³-hybridized carbons (Fsp3) is 0.133. The first-order valence-electron chi connectivity index (χ1n) is 6.16. The molecule has 0 aromatic heterocycles. The van der Waals surface area contributed by atoms with E-state index in [-0.39, 0.29) is 19.0 Å². The van der Waals surface area contributed by atoms with Crippen LogP contribution in [-0.4, -0.2) is 17.6 Å². The molecule has 21 heavy (non-hydrogen) atoms. The van der Waals surface area contributed by atoms with E-state index >= 15 is 0 Å². The smallest absolute Gasteiger partial charge is 0.262 e. The van der Waals surface area contributed by atoms with Crippen molar-refractivity contribution < 1.29 is 19.0 Å². The third kappa shape index (κ3) is 4.18. The maximum absolute atomic E-state index is 13.6. The van der Waals surface area contributed by atoms with Crippen molar-refractivity contribution in [2.45, 2.75) is 6.61 Å². The van der Waals surface area contributed by atoms with Crippen LogP contribution in [0.5, 0.6) is 5.75 Å². The van der Waals surface area contributed by atoms with Crippen molar-refractivity contribution in [2.24, 2.45) is 0 Å². The Morgan fingerprint density at radius 3 is 2.71 bits per heavy atom. The van der Waals surface area contributed by atoms with Gasteiger partial charge in [0.05, 0.1) is 17.3 Å². The molecule has 0 heterocycles. The summed E-state index contributed by atoms with van der Waals surface area (Å²) in [5, 5.41) is 11.8. The van der Waals surface area contributed by atoms with E-state index in [1.54, 1.807) is 24.3 Å². The van der Waals surface area contributed by atoms with Gasteiger partial charge >= 0.3 is 0 Å². The van der Waals surface area contributed by atoms with Crippen molar-refractivity contribution in [3.63, 3.8) is 0 Å². The number of anilines is 1. The van der Waals surface area contributed by atoms with Gasteiger partial charge in [-0.3, -0.25) is 4.79 Å². The summed E-state index contributed by atoms with van der Waals surface area (Å²) in [6, 6.07) is 10.8. The average molecular weight is 310 g/mol. The summed E-state index contributed by atoms with van der Waals surface area (Å²) in [6.45, 7) is -0.606. The van der Waals surface area contributed by atoms with Gasteiger partial charge in [-0.25, -0.2) is 4.39 Å². The fourth-order valence-corrected chi connectivity index (χ4v) is 1.83. The summed E-state index contributed by atoms with van der Waals surface area (Å²) in [5.41, 5.74) is 0.893. The van der Waals surface area contributed by atoms with Gasteiger partial charge in [0.2, 0.25) is 0 Å². The van der Waals surface area contributed by atoms with E-state index < -0.39 is 11.7 Å². The van der Waals surface area contributed by atoms with Crippen LogP contribution in [-0.2, 0) is 11.4 Å². The number of carbonyl (C=O) groups is 1. The molecule has 2 rings (SSSR count). The van der Waals surface area contributed by atoms with Crippen molar-refractivity contribution in [1.82, 2.24) is 0 Å². The van der Waals surface area contributed by atoms with Crippen LogP contribution >= 0.6 is 11.6 Å². The Bertz CT molecular complexity index is 649. The first-order valence-corrected chi connectivity index (χ1v) is 6.54. The average Bonchev–Trinajstić information content (AvgIpc) is 2.48. The number of carbonyl (C=O) groups excluding carboxylic acids is 1. The minimum atomic E-state index is -0.632. The van der Waals surface area contributed by atoms with Crippen molar-refractivity contribution >= 4 is 23.2 Å². The number of para-hydroxylation sites is 1. The number of aliphatic hydroxyl groups is 1. The first kappa shape index (κ1) is 15.3. The molecule has 2 N–H and O–H groups in total. The van der Waals surface area contributed by atoms with Crippen molar-refractivity contribution in [3.05, 3.63) is 58.9 Å². The molecule has 0 aliphatic carbocycles. The van der Waals surface area contributed by atoms with E-state index in [1.165, 1.54) is 12.1 Å². The molecule has 0 aliphatic heterocycles. The minimum absolute atomic E-state index is 0.0542. The predicted molar refractivity (Wildman–Crippen MR) is 77.9 cm³/mol. The highest BCUT2D eigenvalue weighted by Gasteiger charge is 2.09. The Hall–Kier alpha value is -2.11. The normalized spacial score (nSPS) is 10.2. The monoisotopic (exact) mass is 309 g/mol. The number of halogens is 2. The maximum atomic E-state index is 13.6. The van der Waals surface area contributed by atoms with Crippen LogP contribution in [0.3, 0.4) is 0 Å². The van der Waals surface area contributed by atoms with Crippen molar-refractivity contribution in [2.75, 3.05) is 11.9 Å². The van der Waals surface area contributed by atoms with E-state index in [9.17, 15) is 9.18 Å². The van der Waals surface area contributed by atoms with Crippen LogP contribution in [0.1, 0.15) is 5.56 Å². The minimum Gasteiger partial charge on any atom is -0.481 e. The van der Waals surface area contributed by atoms with E-state index in [0.717, 1.165) is 6.07 Å². The summed E-state index contributed by atoms with van der Waals surface area (Å²) in [5.74, 6) is -1.14. The van der Waals surface area contributed by atoms with Gasteiger partial charge in [0.15, 0.2) is 18.2 Å². The SMILES string of the molecule is O=C(COc1ccc(CO)cc1F)Nc1ccccc1Cl. The maximum Gasteiger partial charge on any atom is 0.262 e. The van der Waals surface area contributed by atoms with Crippen LogP contribution < -0.4 is 10.1 Å². The van der Waals surface area contributed by atoms with Crippen molar-refractivity contribution in [1.29, 1.82) is 0 Å². The third-order valence-electron chi connectivity index (χ3n) is 2.69. The fourth-order valence-electron chi connectivity index (χ4n) is 1.65. The van der Waals surface area contributed by atoms with E-state index in [2.05, 4.69) is 5.32 Å². The molecule has 110 valence electrons. The number of hydrogen-bond acceptors (Lipinski definition) is 3. The summed E-state index contributed by atoms with van der Waals surface area (Å²) < 4.78 is 18.7. The first-order chi connectivity index (χ1) is 10.1. The molecule has 0 unspecified atom stereocenters. The zero-order valence-electron chi connectivity index (χ0n) is 11.0. The number of benzene rings is 2. The molecule has 2 aromatic rings. The van der Waals surface area contributed by atoms with Gasteiger partial charge in [0, 0.05) is 0 Å². The van der Waals surface area contributed by atoms with E-state index in [4.69, 9.17) is 21.4 Å². The van der Waals surface area contributed by atoms with Gasteiger partial charge in [0.25, 0.3) is 5.91 Å². The Morgan fingerprint density at radius 1 is 1.29 bits per heavy atom. The standard InChI is InChI=1S/C15H13ClFNO3/c16-11-3-1-2-4-13(11)18-15(20)9-21-14-6-5-10(8-19)7-12(14)17/h1-7,19H,8-9H2,(H,18,20). The molecule has 1 amide bonds. The molecular weight excluding hydrogens is 297 g/mol. The molecule has 0 bridgehead atoms. The van der Waals surface area contributed by atoms with Crippen LogP contribution in [0, 0.1) is 5.82 Å². The van der Waals surface area contributed by atoms with Crippen LogP contribution in [0.4, 0.5) is 10.1 Å². The Kier molecular flexibility index (Phi) is 5.14. The molecule has 0 fully saturated rings. The number of ether oxygens (including phenoxy) is 1. The lowest BCUT2D eigenvalue weighted by molar-refractivity contribution is -0.118. The zero-order valence-corrected chi connectivity index (χ0v) is 11.7. The number of amides is 1. The predicted octanol–water partition coefficient (Wildman–Crippen LogP) is 2.99. The molecule has 4 nitrogen and oxygen atoms in total. The Balaban J connectivity index is 1.94. The molecule has 0 atom stereocenters. The Morgan fingerprint density at radius 2 is 2.05 bits per heavy atom. The van der Waals surface area contributed by atoms with Crippen LogP contribution in [0.2, 0.25) is 5.02 Å². The van der Waals surface area contributed by atoms with E-state index in [1.807, 2.05) is 0 Å². The zero-order chi connectivity index (χ0) is 15.2. The highest BCUT2D eigenvalue weighted by atomic mass is 35.5. The Labute approximate surface area is 126 Å². The van der Waals surface area contributed by atoms with Crippen LogP contribution in [0.15, 0.2) is 42.5 Å². The number of hydrogen-bond donors (Lipinski definition) is 2. The third-order valence-corrected chi connectivity index (χ3v) is 3.02. The van der Waals surface area contributed by atoms with E-state index in [0.29, 0.717) is 16.3 Å². The lowest BCUT2D eigenvalue weighted by Crippen LogP contribution is -2.20. The summed E-state index contributed by atoms with van der Waals surface area (Å²) in [6.07, 6.45) is 0. The molecular formula is C15H13ClFNO3. The highest BCUT2D eigenvalue weighted by molar-refractivity contribution is 6.33. The summed E-state index contributed by atoms with van der Waals surface area (Å²) in [4.78, 5) is 11.7. The molecule has 0 radical (unpaired) electrons. The van der Waals surface area contributed by atoms with Crippen LogP contribution in [0.25, 0.3) is 0 Å². The second kappa shape index (κ2) is 7.06. The second-order valence-corrected chi connectivity index (χ2v) is 4.65. The molecule has 0 saturated carbocycles. The second-order valence-electron chi connectivity index (χ2n) is 4.24. The van der Waals surface area contributed by atoms with Gasteiger partial charge in [-0.2, -0.15) is 0 Å². The summed E-state index contributed by atoms with van der Waals surface area (Å²) in [7, 11) is 0. The quantitative estimate of drug-likeness (QED) is 0.892. The molecule has 0 saturated heterocycles. The van der Waals surface area contributed by atoms with Gasteiger partial charge in [-0.05, 0) is 29.8 Å². The van der Waals surface area contributed by atoms with Gasteiger partial charge in [-0.1, -0.05) is 29.8 Å². The molecule has 0 aliphatic rings. The van der Waals surface area contributed by atoms with Gasteiger partial charge in [-0.15, -0.1) is 0 Å². The topological polar surface area (TPSA) is 58.6 Å². The van der Waals surface area contributed by atoms with Gasteiger partial charge in [0.1, 0.15) is 0 Å². The van der Waals surface area contributed by atoms with Crippen molar-refractivity contribution in [3.8, 4) is 5.75 Å². The number of aliphatic hydroxyl groups excluding tert-OH is 1. The molecule has 6 heteroatoms. The number of nitrogens with one attached hydrogen (secondary N) is 1. The lowest BCUT2D eigenvalue weighted by Gasteiger charge is -2.09. The van der Waals surface area contributed by atoms with Gasteiger partial charge < -0.3 is 15.2 Å².